The van der Waals surface area contributed by atoms with Gasteiger partial charge in [-0.05, 0) is 99.6 Å². The summed E-state index contributed by atoms with van der Waals surface area (Å²) in [5.41, 5.74) is 13.0. The van der Waals surface area contributed by atoms with E-state index in [1.54, 1.807) is 5.01 Å². The fraction of sp³-hybridized carbons (Fsp3) is 0.500. The summed E-state index contributed by atoms with van der Waals surface area (Å²) >= 11 is 8.67. The number of nitrogens with one attached hydrogen (secondary N) is 1. The van der Waals surface area contributed by atoms with Gasteiger partial charge in [0.15, 0.2) is 5.82 Å². The number of benzene rings is 1. The monoisotopic (exact) mass is 635 g/mol. The Morgan fingerprint density at radius 1 is 1.19 bits per heavy atom. The number of hydrogen-bond donors (Lipinski definition) is 3. The van der Waals surface area contributed by atoms with E-state index in [-0.39, 0.29) is 5.54 Å². The lowest BCUT2D eigenvalue weighted by Gasteiger charge is -2.22. The molecule has 2 aromatic rings. The smallest absolute Gasteiger partial charge is 0.157 e. The molecule has 0 saturated heterocycles. The molecule has 37 heavy (non-hydrogen) atoms. The fourth-order valence-corrected chi connectivity index (χ4v) is 5.69. The molecule has 1 aromatic heterocycles. The van der Waals surface area contributed by atoms with Gasteiger partial charge in [0.2, 0.25) is 0 Å². The Balaban J connectivity index is 1.73. The van der Waals surface area contributed by atoms with Gasteiger partial charge < -0.3 is 16.1 Å². The molecule has 4 rings (SSSR count). The molecular weight excluding hydrogens is 597 g/mol. The fourth-order valence-electron chi connectivity index (χ4n) is 4.99. The summed E-state index contributed by atoms with van der Waals surface area (Å²) in [4.78, 5) is 0. The zero-order chi connectivity index (χ0) is 26.6. The molecule has 0 aliphatic heterocycles. The van der Waals surface area contributed by atoms with Gasteiger partial charge in [-0.1, -0.05) is 52.3 Å². The molecule has 2 aliphatic rings. The molecular formula is C28H39ClIN7. The number of hydrazine groups is 1. The van der Waals surface area contributed by atoms with E-state index in [2.05, 4.69) is 67.8 Å². The summed E-state index contributed by atoms with van der Waals surface area (Å²) in [5, 5.41) is 15.2. The third-order valence-corrected chi connectivity index (χ3v) is 8.49. The minimum atomic E-state index is -0.109. The van der Waals surface area contributed by atoms with E-state index in [9.17, 15) is 0 Å². The average Bonchev–Trinajstić information content (AvgIpc) is 3.58. The van der Waals surface area contributed by atoms with Gasteiger partial charge in [0.25, 0.3) is 0 Å². The molecule has 2 aliphatic carbocycles. The van der Waals surface area contributed by atoms with Crippen molar-refractivity contribution in [1.29, 1.82) is 0 Å². The lowest BCUT2D eigenvalue weighted by atomic mass is 9.92. The number of halogens is 2. The first kappa shape index (κ1) is 28.1. The first-order valence-corrected chi connectivity index (χ1v) is 15.0. The maximum absolute atomic E-state index is 6.63. The Labute approximate surface area is 239 Å². The van der Waals surface area contributed by atoms with Crippen molar-refractivity contribution in [2.75, 3.05) is 18.0 Å². The van der Waals surface area contributed by atoms with E-state index < -0.39 is 0 Å². The lowest BCUT2D eigenvalue weighted by molar-refractivity contribution is 0.381. The molecule has 0 spiro atoms. The first-order chi connectivity index (χ1) is 17.8. The van der Waals surface area contributed by atoms with Crippen molar-refractivity contribution in [1.82, 2.24) is 25.1 Å². The highest BCUT2D eigenvalue weighted by atomic mass is 127. The molecule has 7 nitrogen and oxygen atoms in total. The molecule has 1 aromatic carbocycles. The predicted molar refractivity (Wildman–Crippen MR) is 162 cm³/mol. The van der Waals surface area contributed by atoms with Crippen LogP contribution < -0.4 is 16.9 Å². The van der Waals surface area contributed by atoms with Crippen LogP contribution in [-0.2, 0) is 12.0 Å². The maximum Gasteiger partial charge on any atom is 0.157 e. The summed E-state index contributed by atoms with van der Waals surface area (Å²) in [6.45, 7) is 4.92. The predicted octanol–water partition coefficient (Wildman–Crippen LogP) is 5.52. The molecule has 0 bridgehead atoms. The zero-order valence-corrected chi connectivity index (χ0v) is 25.1. The van der Waals surface area contributed by atoms with Crippen LogP contribution >= 0.6 is 34.2 Å². The number of aryl methyl sites for hydroxylation is 2. The molecule has 200 valence electrons. The SMILES string of the molecule is CNC1(c2nnc(C)n2-c2cc(C)c(/C(N)=C/N(N)CCCCCI)cc2CC2=CC=C(Cl)CC2)CC1. The number of aromatic nitrogens is 3. The van der Waals surface area contributed by atoms with Crippen LogP contribution in [0.1, 0.15) is 73.3 Å². The Morgan fingerprint density at radius 3 is 2.62 bits per heavy atom. The highest BCUT2D eigenvalue weighted by molar-refractivity contribution is 14.1. The van der Waals surface area contributed by atoms with Crippen LogP contribution in [0.5, 0.6) is 0 Å². The van der Waals surface area contributed by atoms with Crippen LogP contribution in [0, 0.1) is 13.8 Å². The Bertz CT molecular complexity index is 1210. The summed E-state index contributed by atoms with van der Waals surface area (Å²) in [6, 6.07) is 4.45. The molecule has 5 N–H and O–H groups in total. The topological polar surface area (TPSA) is 98.0 Å². The molecule has 0 unspecified atom stereocenters. The third kappa shape index (κ3) is 6.58. The number of rotatable bonds is 12. The third-order valence-electron chi connectivity index (χ3n) is 7.42. The van der Waals surface area contributed by atoms with Crippen molar-refractivity contribution in [3.63, 3.8) is 0 Å². The summed E-state index contributed by atoms with van der Waals surface area (Å²) in [6.07, 6.45) is 14.2. The maximum atomic E-state index is 6.63. The van der Waals surface area contributed by atoms with Crippen LogP contribution in [0.2, 0.25) is 0 Å². The van der Waals surface area contributed by atoms with Gasteiger partial charge in [0.1, 0.15) is 5.82 Å². The number of nitrogens with zero attached hydrogens (tertiary/aromatic N) is 4. The minimum Gasteiger partial charge on any atom is -0.397 e. The number of alkyl halides is 1. The molecule has 9 heteroatoms. The number of unbranched alkanes of at least 4 members (excludes halogenated alkanes) is 2. The molecule has 0 atom stereocenters. The van der Waals surface area contributed by atoms with E-state index >= 15 is 0 Å². The van der Waals surface area contributed by atoms with Crippen molar-refractivity contribution < 1.29 is 0 Å². The number of nitrogens with two attached hydrogens (primary N) is 2. The molecule has 1 saturated carbocycles. The number of allylic oxidation sites excluding steroid dienone is 4. The van der Waals surface area contributed by atoms with E-state index in [1.807, 2.05) is 26.2 Å². The van der Waals surface area contributed by atoms with Crippen LogP contribution in [0.15, 0.2) is 41.1 Å². The van der Waals surface area contributed by atoms with Crippen LogP contribution in [0.3, 0.4) is 0 Å². The van der Waals surface area contributed by atoms with Gasteiger partial charge >= 0.3 is 0 Å². The van der Waals surface area contributed by atoms with Crippen LogP contribution in [0.25, 0.3) is 11.4 Å². The molecule has 1 fully saturated rings. The van der Waals surface area contributed by atoms with Crippen molar-refractivity contribution in [2.45, 2.75) is 70.8 Å². The van der Waals surface area contributed by atoms with Crippen molar-refractivity contribution in [3.8, 4) is 5.69 Å². The largest absolute Gasteiger partial charge is 0.397 e. The van der Waals surface area contributed by atoms with Gasteiger partial charge in [-0.25, -0.2) is 5.84 Å². The average molecular weight is 636 g/mol. The second kappa shape index (κ2) is 12.3. The van der Waals surface area contributed by atoms with Gasteiger partial charge in [0, 0.05) is 23.3 Å². The normalized spacial score (nSPS) is 17.0. The van der Waals surface area contributed by atoms with Gasteiger partial charge in [0.05, 0.1) is 16.9 Å². The van der Waals surface area contributed by atoms with E-state index in [1.165, 1.54) is 28.4 Å². The van der Waals surface area contributed by atoms with Crippen molar-refractivity contribution >= 4 is 39.9 Å². The summed E-state index contributed by atoms with van der Waals surface area (Å²) < 4.78 is 3.40. The Morgan fingerprint density at radius 2 is 1.97 bits per heavy atom. The van der Waals surface area contributed by atoms with Crippen LogP contribution in [0.4, 0.5) is 0 Å². The van der Waals surface area contributed by atoms with Gasteiger partial charge in [-0.2, -0.15) is 0 Å². The second-order valence-electron chi connectivity index (χ2n) is 10.2. The van der Waals surface area contributed by atoms with E-state index in [0.29, 0.717) is 5.70 Å². The van der Waals surface area contributed by atoms with E-state index in [0.717, 1.165) is 78.6 Å². The van der Waals surface area contributed by atoms with Crippen molar-refractivity contribution in [3.05, 3.63) is 69.4 Å². The van der Waals surface area contributed by atoms with Crippen molar-refractivity contribution in [2.24, 2.45) is 11.6 Å². The summed E-state index contributed by atoms with van der Waals surface area (Å²) in [7, 11) is 2.01. The first-order valence-electron chi connectivity index (χ1n) is 13.1. The molecule has 0 amide bonds. The van der Waals surface area contributed by atoms with Gasteiger partial charge in [-0.15, -0.1) is 10.2 Å². The highest BCUT2D eigenvalue weighted by Gasteiger charge is 2.47. The standard InChI is InChI=1S/C28H39ClIN7/c1-19-15-26(37-20(2)34-35-27(37)28(33-3)11-12-28)22(16-21-7-9-23(29)10-8-21)17-24(19)25(31)18-36(32)14-6-4-5-13-30/h7,9,15,17-18,33H,4-6,8,10-14,16,31-32H2,1-3H3/b25-18-. The highest BCUT2D eigenvalue weighted by Crippen LogP contribution is 2.45. The molecule has 0 radical (unpaired) electrons. The second-order valence-corrected chi connectivity index (χ2v) is 11.8. The summed E-state index contributed by atoms with van der Waals surface area (Å²) in [5.74, 6) is 8.14. The quantitative estimate of drug-likeness (QED) is 0.0935. The molecule has 1 heterocycles. The van der Waals surface area contributed by atoms with Gasteiger partial charge in [-0.3, -0.25) is 4.57 Å². The van der Waals surface area contributed by atoms with Crippen LogP contribution in [-0.4, -0.2) is 37.8 Å². The minimum absolute atomic E-state index is 0.109. The lowest BCUT2D eigenvalue weighted by Crippen LogP contribution is -2.29. The Kier molecular flexibility index (Phi) is 9.37. The number of hydrogen-bond acceptors (Lipinski definition) is 6. The zero-order valence-electron chi connectivity index (χ0n) is 22.2. The van der Waals surface area contributed by atoms with E-state index in [4.69, 9.17) is 23.2 Å². The Hall–Kier alpha value is -1.88.